The third-order valence-electron chi connectivity index (χ3n) is 5.21. The molecular formula is C19H23N5O2. The fourth-order valence-electron chi connectivity index (χ4n) is 3.77. The summed E-state index contributed by atoms with van der Waals surface area (Å²) in [6, 6.07) is 3.86. The number of ether oxygens (including phenoxy) is 1. The van der Waals surface area contributed by atoms with Crippen LogP contribution in [0.15, 0.2) is 30.7 Å². The Labute approximate surface area is 153 Å². The number of pyridine rings is 1. The van der Waals surface area contributed by atoms with Gasteiger partial charge in [0.15, 0.2) is 5.82 Å². The summed E-state index contributed by atoms with van der Waals surface area (Å²) in [5.41, 5.74) is 2.86. The smallest absolute Gasteiger partial charge is 0.236 e. The summed E-state index contributed by atoms with van der Waals surface area (Å²) in [6.45, 7) is 3.26. The number of amides is 1. The maximum absolute atomic E-state index is 12.1. The van der Waals surface area contributed by atoms with Gasteiger partial charge in [-0.15, -0.1) is 0 Å². The highest BCUT2D eigenvalue weighted by atomic mass is 16.5. The summed E-state index contributed by atoms with van der Waals surface area (Å²) < 4.78 is 5.87. The molecule has 0 aromatic carbocycles. The van der Waals surface area contributed by atoms with Crippen molar-refractivity contribution in [3.8, 4) is 11.4 Å². The van der Waals surface area contributed by atoms with Gasteiger partial charge in [0.05, 0.1) is 30.9 Å². The molecule has 7 heteroatoms. The first-order chi connectivity index (χ1) is 12.6. The molecule has 0 unspecified atom stereocenters. The van der Waals surface area contributed by atoms with Crippen LogP contribution < -0.4 is 0 Å². The number of likely N-dealkylation sites (N-methyl/N-ethyl adjacent to an activating group) is 1. The molecule has 2 aromatic rings. The van der Waals surface area contributed by atoms with Gasteiger partial charge in [-0.1, -0.05) is 0 Å². The predicted octanol–water partition coefficient (Wildman–Crippen LogP) is 1.10. The lowest BCUT2D eigenvalue weighted by molar-refractivity contribution is -0.129. The number of aromatic nitrogens is 3. The van der Waals surface area contributed by atoms with Crippen LogP contribution in [0.3, 0.4) is 0 Å². The third kappa shape index (κ3) is 3.08. The van der Waals surface area contributed by atoms with Crippen molar-refractivity contribution in [2.24, 2.45) is 0 Å². The number of carbonyl (C=O) groups excluding carboxylic acids is 1. The SMILES string of the molecule is CN(C)C(=O)CN1CC[C@@]2(COCc3cnc(-c4cccnc4)nc32)C1. The average molecular weight is 353 g/mol. The van der Waals surface area contributed by atoms with Gasteiger partial charge in [0.25, 0.3) is 0 Å². The van der Waals surface area contributed by atoms with Crippen LogP contribution in [0.25, 0.3) is 11.4 Å². The van der Waals surface area contributed by atoms with Crippen molar-refractivity contribution in [1.29, 1.82) is 0 Å². The second kappa shape index (κ2) is 6.74. The minimum atomic E-state index is -0.167. The number of hydrogen-bond donors (Lipinski definition) is 0. The van der Waals surface area contributed by atoms with E-state index in [1.54, 1.807) is 31.4 Å². The van der Waals surface area contributed by atoms with Crippen molar-refractivity contribution >= 4 is 5.91 Å². The van der Waals surface area contributed by atoms with Crippen molar-refractivity contribution in [2.75, 3.05) is 40.3 Å². The zero-order valence-corrected chi connectivity index (χ0v) is 15.2. The summed E-state index contributed by atoms with van der Waals surface area (Å²) in [5, 5.41) is 0. The highest BCUT2D eigenvalue weighted by Gasteiger charge is 2.45. The van der Waals surface area contributed by atoms with Gasteiger partial charge < -0.3 is 9.64 Å². The molecule has 0 N–H and O–H groups in total. The molecular weight excluding hydrogens is 330 g/mol. The Morgan fingerprint density at radius 1 is 1.38 bits per heavy atom. The molecule has 2 aliphatic rings. The van der Waals surface area contributed by atoms with E-state index in [4.69, 9.17) is 9.72 Å². The highest BCUT2D eigenvalue weighted by Crippen LogP contribution is 2.39. The van der Waals surface area contributed by atoms with Crippen LogP contribution in [0.2, 0.25) is 0 Å². The minimum absolute atomic E-state index is 0.123. The van der Waals surface area contributed by atoms with E-state index in [9.17, 15) is 4.79 Å². The summed E-state index contributed by atoms with van der Waals surface area (Å²) >= 11 is 0. The largest absolute Gasteiger partial charge is 0.376 e. The first-order valence-corrected chi connectivity index (χ1v) is 8.84. The van der Waals surface area contributed by atoms with Crippen LogP contribution >= 0.6 is 0 Å². The number of nitrogens with zero attached hydrogens (tertiary/aromatic N) is 5. The van der Waals surface area contributed by atoms with E-state index < -0.39 is 0 Å². The Bertz CT molecular complexity index is 811. The number of hydrogen-bond acceptors (Lipinski definition) is 6. The molecule has 1 spiro atoms. The third-order valence-corrected chi connectivity index (χ3v) is 5.21. The first-order valence-electron chi connectivity index (χ1n) is 8.84. The summed E-state index contributed by atoms with van der Waals surface area (Å²) in [6.07, 6.45) is 6.34. The second-order valence-electron chi connectivity index (χ2n) is 7.33. The van der Waals surface area contributed by atoms with Gasteiger partial charge in [0.1, 0.15) is 0 Å². The van der Waals surface area contributed by atoms with E-state index in [1.165, 1.54) is 0 Å². The molecule has 7 nitrogen and oxygen atoms in total. The Kier molecular flexibility index (Phi) is 4.42. The lowest BCUT2D eigenvalue weighted by Gasteiger charge is -2.34. The molecule has 1 saturated heterocycles. The number of carbonyl (C=O) groups is 1. The molecule has 4 heterocycles. The van der Waals surface area contributed by atoms with Gasteiger partial charge in [-0.25, -0.2) is 9.97 Å². The van der Waals surface area contributed by atoms with Gasteiger partial charge in [-0.2, -0.15) is 0 Å². The van der Waals surface area contributed by atoms with E-state index in [2.05, 4.69) is 14.9 Å². The molecule has 136 valence electrons. The molecule has 0 radical (unpaired) electrons. The maximum atomic E-state index is 12.1. The molecule has 1 atom stereocenters. The van der Waals surface area contributed by atoms with Crippen molar-refractivity contribution < 1.29 is 9.53 Å². The Balaban J connectivity index is 1.64. The van der Waals surface area contributed by atoms with Crippen molar-refractivity contribution in [2.45, 2.75) is 18.4 Å². The van der Waals surface area contributed by atoms with Crippen molar-refractivity contribution in [1.82, 2.24) is 24.8 Å². The van der Waals surface area contributed by atoms with Crippen molar-refractivity contribution in [3.05, 3.63) is 42.0 Å². The zero-order valence-electron chi connectivity index (χ0n) is 15.2. The number of fused-ring (bicyclic) bond motifs is 2. The lowest BCUT2D eigenvalue weighted by Crippen LogP contribution is -2.42. The molecule has 4 rings (SSSR count). The Morgan fingerprint density at radius 2 is 2.27 bits per heavy atom. The Morgan fingerprint density at radius 3 is 3.04 bits per heavy atom. The van der Waals surface area contributed by atoms with Gasteiger partial charge in [-0.05, 0) is 25.1 Å². The van der Waals surface area contributed by atoms with Crippen LogP contribution in [0, 0.1) is 0 Å². The number of likely N-dealkylation sites (tertiary alicyclic amines) is 1. The lowest BCUT2D eigenvalue weighted by atomic mass is 9.80. The van der Waals surface area contributed by atoms with Crippen LogP contribution in [-0.2, 0) is 21.6 Å². The second-order valence-corrected chi connectivity index (χ2v) is 7.33. The molecule has 1 amide bonds. The predicted molar refractivity (Wildman–Crippen MR) is 96.3 cm³/mol. The molecule has 0 bridgehead atoms. The average Bonchev–Trinajstić information content (AvgIpc) is 3.05. The fourth-order valence-corrected chi connectivity index (χ4v) is 3.77. The molecule has 26 heavy (non-hydrogen) atoms. The van der Waals surface area contributed by atoms with Crippen LogP contribution in [0.4, 0.5) is 0 Å². The topological polar surface area (TPSA) is 71.5 Å². The van der Waals surface area contributed by atoms with Crippen LogP contribution in [0.5, 0.6) is 0 Å². The van der Waals surface area contributed by atoms with E-state index >= 15 is 0 Å². The zero-order chi connectivity index (χ0) is 18.1. The molecule has 0 aliphatic carbocycles. The Hall–Kier alpha value is -2.38. The number of rotatable bonds is 3. The summed E-state index contributed by atoms with van der Waals surface area (Å²) in [5.74, 6) is 0.818. The van der Waals surface area contributed by atoms with Gasteiger partial charge in [0, 0.05) is 50.4 Å². The summed E-state index contributed by atoms with van der Waals surface area (Å²) in [4.78, 5) is 29.5. The van der Waals surface area contributed by atoms with E-state index in [0.29, 0.717) is 25.6 Å². The normalized spacial score (nSPS) is 22.4. The quantitative estimate of drug-likeness (QED) is 0.823. The molecule has 2 aromatic heterocycles. The van der Waals surface area contributed by atoms with Gasteiger partial charge in [-0.3, -0.25) is 14.7 Å². The fraction of sp³-hybridized carbons (Fsp3) is 0.474. The van der Waals surface area contributed by atoms with Gasteiger partial charge >= 0.3 is 0 Å². The first kappa shape index (κ1) is 17.1. The molecule has 0 saturated carbocycles. The van der Waals surface area contributed by atoms with Gasteiger partial charge in [0.2, 0.25) is 5.91 Å². The molecule has 2 aliphatic heterocycles. The van der Waals surface area contributed by atoms with E-state index in [-0.39, 0.29) is 11.3 Å². The van der Waals surface area contributed by atoms with E-state index in [0.717, 1.165) is 36.3 Å². The van der Waals surface area contributed by atoms with Crippen LogP contribution in [-0.4, -0.2) is 71.0 Å². The van der Waals surface area contributed by atoms with Crippen molar-refractivity contribution in [3.63, 3.8) is 0 Å². The standard InChI is InChI=1S/C19H23N5O2/c1-23(2)16(25)10-24-7-5-19(12-24)13-26-11-15-9-21-18(22-17(15)19)14-4-3-6-20-8-14/h3-4,6,8-9H,5,7,10-13H2,1-2H3/t19-/m0/s1. The van der Waals surface area contributed by atoms with E-state index in [1.807, 2.05) is 18.3 Å². The highest BCUT2D eigenvalue weighted by molar-refractivity contribution is 5.77. The van der Waals surface area contributed by atoms with Crippen LogP contribution in [0.1, 0.15) is 17.7 Å². The monoisotopic (exact) mass is 353 g/mol. The summed E-state index contributed by atoms with van der Waals surface area (Å²) in [7, 11) is 3.58. The minimum Gasteiger partial charge on any atom is -0.376 e. The molecule has 1 fully saturated rings. The maximum Gasteiger partial charge on any atom is 0.236 e.